The molecule has 2 N–H and O–H groups in total. The van der Waals surface area contributed by atoms with E-state index >= 15 is 0 Å². The van der Waals surface area contributed by atoms with E-state index in [2.05, 4.69) is 22.5 Å². The van der Waals surface area contributed by atoms with Crippen molar-refractivity contribution < 1.29 is 0 Å². The Labute approximate surface area is 125 Å². The lowest BCUT2D eigenvalue weighted by atomic mass is 9.97. The van der Waals surface area contributed by atoms with Crippen LogP contribution >= 0.6 is 22.7 Å². The summed E-state index contributed by atoms with van der Waals surface area (Å²) in [5, 5.41) is 3.21. The SMILES string of the molecule is Nc1nc(Cc2cccs2)nc2sc3c(c12)CCCC3. The number of anilines is 1. The minimum absolute atomic E-state index is 0.668. The van der Waals surface area contributed by atoms with Gasteiger partial charge in [-0.25, -0.2) is 9.97 Å². The van der Waals surface area contributed by atoms with E-state index in [1.54, 1.807) is 11.3 Å². The number of aryl methyl sites for hydroxylation is 2. The first kappa shape index (κ1) is 12.3. The number of nitrogens with two attached hydrogens (primary N) is 1. The quantitative estimate of drug-likeness (QED) is 0.783. The molecule has 0 spiro atoms. The van der Waals surface area contributed by atoms with Crippen molar-refractivity contribution in [1.82, 2.24) is 9.97 Å². The molecule has 1 aliphatic rings. The van der Waals surface area contributed by atoms with Gasteiger partial charge < -0.3 is 5.73 Å². The largest absolute Gasteiger partial charge is 0.383 e. The highest BCUT2D eigenvalue weighted by molar-refractivity contribution is 7.19. The van der Waals surface area contributed by atoms with Crippen molar-refractivity contribution in [1.29, 1.82) is 0 Å². The molecule has 0 radical (unpaired) electrons. The summed E-state index contributed by atoms with van der Waals surface area (Å²) in [4.78, 5) is 13.1. The van der Waals surface area contributed by atoms with E-state index in [9.17, 15) is 0 Å². The van der Waals surface area contributed by atoms with Gasteiger partial charge in [-0.3, -0.25) is 0 Å². The maximum Gasteiger partial charge on any atom is 0.137 e. The first-order chi connectivity index (χ1) is 9.81. The van der Waals surface area contributed by atoms with Gasteiger partial charge in [-0.05, 0) is 42.7 Å². The molecule has 4 rings (SSSR count). The van der Waals surface area contributed by atoms with E-state index in [-0.39, 0.29) is 0 Å². The topological polar surface area (TPSA) is 51.8 Å². The molecular weight excluding hydrogens is 286 g/mol. The third kappa shape index (κ3) is 2.01. The van der Waals surface area contributed by atoms with Crippen LogP contribution in [0.5, 0.6) is 0 Å². The lowest BCUT2D eigenvalue weighted by molar-refractivity contribution is 0.700. The standard InChI is InChI=1S/C15H15N3S2/c16-14-13-10-5-1-2-6-11(10)20-15(13)18-12(17-14)8-9-4-3-7-19-9/h3-4,7H,1-2,5-6,8H2,(H2,16,17,18). The van der Waals surface area contributed by atoms with Crippen LogP contribution in [0, 0.1) is 0 Å². The van der Waals surface area contributed by atoms with Crippen LogP contribution in [-0.2, 0) is 19.3 Å². The Kier molecular flexibility index (Phi) is 2.97. The maximum atomic E-state index is 6.21. The van der Waals surface area contributed by atoms with Gasteiger partial charge >= 0.3 is 0 Å². The van der Waals surface area contributed by atoms with E-state index in [1.165, 1.54) is 34.6 Å². The highest BCUT2D eigenvalue weighted by atomic mass is 32.1. The van der Waals surface area contributed by atoms with Crippen LogP contribution < -0.4 is 5.73 Å². The molecule has 0 atom stereocenters. The summed E-state index contributed by atoms with van der Waals surface area (Å²) in [6.07, 6.45) is 5.63. The van der Waals surface area contributed by atoms with Crippen molar-refractivity contribution in [2.45, 2.75) is 32.1 Å². The Morgan fingerprint density at radius 1 is 1.20 bits per heavy atom. The van der Waals surface area contributed by atoms with Crippen molar-refractivity contribution in [3.8, 4) is 0 Å². The van der Waals surface area contributed by atoms with E-state index in [0.29, 0.717) is 5.82 Å². The molecule has 0 unspecified atom stereocenters. The van der Waals surface area contributed by atoms with Crippen LogP contribution in [0.25, 0.3) is 10.2 Å². The van der Waals surface area contributed by atoms with Gasteiger partial charge in [0.05, 0.1) is 5.39 Å². The molecule has 3 aromatic rings. The highest BCUT2D eigenvalue weighted by Crippen LogP contribution is 2.37. The average Bonchev–Trinajstić information content (AvgIpc) is 3.05. The van der Waals surface area contributed by atoms with Gasteiger partial charge in [0, 0.05) is 16.2 Å². The van der Waals surface area contributed by atoms with Crippen molar-refractivity contribution in [2.75, 3.05) is 5.73 Å². The predicted molar refractivity (Wildman–Crippen MR) is 85.6 cm³/mol. The molecule has 0 aliphatic heterocycles. The summed E-state index contributed by atoms with van der Waals surface area (Å²) in [6.45, 7) is 0. The maximum absolute atomic E-state index is 6.21. The van der Waals surface area contributed by atoms with Crippen LogP contribution in [0.4, 0.5) is 5.82 Å². The van der Waals surface area contributed by atoms with Crippen molar-refractivity contribution in [3.05, 3.63) is 38.7 Å². The minimum Gasteiger partial charge on any atom is -0.383 e. The fourth-order valence-corrected chi connectivity index (χ4v) is 4.87. The van der Waals surface area contributed by atoms with E-state index in [1.807, 2.05) is 11.3 Å². The van der Waals surface area contributed by atoms with Gasteiger partial charge in [0.1, 0.15) is 16.5 Å². The van der Waals surface area contributed by atoms with Crippen LogP contribution in [0.1, 0.15) is 34.0 Å². The molecule has 102 valence electrons. The summed E-state index contributed by atoms with van der Waals surface area (Å²) < 4.78 is 0. The molecule has 0 bridgehead atoms. The average molecular weight is 301 g/mol. The lowest BCUT2D eigenvalue weighted by Gasteiger charge is -2.10. The number of fused-ring (bicyclic) bond motifs is 3. The molecule has 3 nitrogen and oxygen atoms in total. The van der Waals surface area contributed by atoms with Gasteiger partial charge in [0.2, 0.25) is 0 Å². The van der Waals surface area contributed by atoms with E-state index < -0.39 is 0 Å². The first-order valence-corrected chi connectivity index (χ1v) is 8.60. The van der Waals surface area contributed by atoms with Crippen LogP contribution in [-0.4, -0.2) is 9.97 Å². The zero-order valence-corrected chi connectivity index (χ0v) is 12.7. The van der Waals surface area contributed by atoms with Gasteiger partial charge in [0.25, 0.3) is 0 Å². The Balaban J connectivity index is 1.82. The smallest absolute Gasteiger partial charge is 0.137 e. The van der Waals surface area contributed by atoms with Gasteiger partial charge in [-0.2, -0.15) is 0 Å². The highest BCUT2D eigenvalue weighted by Gasteiger charge is 2.20. The normalized spacial score (nSPS) is 14.6. The fraction of sp³-hybridized carbons (Fsp3) is 0.333. The molecule has 0 saturated carbocycles. The third-order valence-electron chi connectivity index (χ3n) is 3.80. The zero-order valence-electron chi connectivity index (χ0n) is 11.1. The van der Waals surface area contributed by atoms with Crippen molar-refractivity contribution in [2.24, 2.45) is 0 Å². The second-order valence-corrected chi connectivity index (χ2v) is 7.29. The number of nitrogen functional groups attached to an aromatic ring is 1. The zero-order chi connectivity index (χ0) is 13.5. The van der Waals surface area contributed by atoms with Crippen molar-refractivity contribution >= 4 is 38.7 Å². The minimum atomic E-state index is 0.668. The second-order valence-electron chi connectivity index (χ2n) is 5.17. The molecule has 0 aromatic carbocycles. The number of rotatable bonds is 2. The Hall–Kier alpha value is -1.46. The number of hydrogen-bond donors (Lipinski definition) is 1. The molecule has 20 heavy (non-hydrogen) atoms. The lowest BCUT2D eigenvalue weighted by Crippen LogP contribution is -2.03. The Bertz CT molecular complexity index is 759. The third-order valence-corrected chi connectivity index (χ3v) is 5.86. The van der Waals surface area contributed by atoms with E-state index in [0.717, 1.165) is 28.9 Å². The summed E-state index contributed by atoms with van der Waals surface area (Å²) in [7, 11) is 0. The fourth-order valence-electron chi connectivity index (χ4n) is 2.88. The molecule has 1 aliphatic carbocycles. The van der Waals surface area contributed by atoms with Crippen LogP contribution in [0.2, 0.25) is 0 Å². The van der Waals surface area contributed by atoms with Crippen molar-refractivity contribution in [3.63, 3.8) is 0 Å². The molecule has 5 heteroatoms. The molecular formula is C15H15N3S2. The number of aromatic nitrogens is 2. The van der Waals surface area contributed by atoms with Gasteiger partial charge in [-0.15, -0.1) is 22.7 Å². The summed E-state index contributed by atoms with van der Waals surface area (Å²) >= 11 is 3.55. The van der Waals surface area contributed by atoms with Gasteiger partial charge in [0.15, 0.2) is 0 Å². The summed E-state index contributed by atoms with van der Waals surface area (Å²) in [5.41, 5.74) is 7.63. The van der Waals surface area contributed by atoms with E-state index in [4.69, 9.17) is 10.7 Å². The molecule has 3 heterocycles. The number of hydrogen-bond acceptors (Lipinski definition) is 5. The van der Waals surface area contributed by atoms with Gasteiger partial charge in [-0.1, -0.05) is 6.07 Å². The monoisotopic (exact) mass is 301 g/mol. The molecule has 3 aromatic heterocycles. The molecule has 0 saturated heterocycles. The number of nitrogens with zero attached hydrogens (tertiary/aromatic N) is 2. The first-order valence-electron chi connectivity index (χ1n) is 6.90. The summed E-state index contributed by atoms with van der Waals surface area (Å²) in [6, 6.07) is 4.18. The molecule has 0 amide bonds. The predicted octanol–water partition coefficient (Wildman–Crippen LogP) is 3.80. The Morgan fingerprint density at radius 3 is 2.95 bits per heavy atom. The molecule has 0 fully saturated rings. The van der Waals surface area contributed by atoms with Crippen LogP contribution in [0.3, 0.4) is 0 Å². The summed E-state index contributed by atoms with van der Waals surface area (Å²) in [5.74, 6) is 1.51. The van der Waals surface area contributed by atoms with Crippen LogP contribution in [0.15, 0.2) is 17.5 Å². The second kappa shape index (κ2) is 4.82. The Morgan fingerprint density at radius 2 is 2.10 bits per heavy atom. The number of thiophene rings is 2.